The largest absolute Gasteiger partial charge is 0.508 e. The van der Waals surface area contributed by atoms with Crippen molar-refractivity contribution in [2.45, 2.75) is 12.8 Å². The highest BCUT2D eigenvalue weighted by Crippen LogP contribution is 2.25. The van der Waals surface area contributed by atoms with Crippen LogP contribution in [-0.4, -0.2) is 42.8 Å². The fraction of sp³-hybridized carbons (Fsp3) is 0.211. The van der Waals surface area contributed by atoms with Gasteiger partial charge in [-0.05, 0) is 12.1 Å². The number of amides is 1. The molecule has 0 aliphatic rings. The average molecular weight is 409 g/mol. The van der Waals surface area contributed by atoms with E-state index in [1.54, 1.807) is 24.3 Å². The maximum absolute atomic E-state index is 13.3. The van der Waals surface area contributed by atoms with E-state index in [9.17, 15) is 23.1 Å². The van der Waals surface area contributed by atoms with Crippen molar-refractivity contribution < 1.29 is 32.7 Å². The fourth-order valence-electron chi connectivity index (χ4n) is 2.39. The number of nitrogens with one attached hydrogen (secondary N) is 1. The van der Waals surface area contributed by atoms with Crippen LogP contribution >= 0.6 is 0 Å². The molecule has 0 aliphatic heterocycles. The van der Waals surface area contributed by atoms with Crippen molar-refractivity contribution >= 4 is 17.3 Å². The third-order valence-electron chi connectivity index (χ3n) is 3.66. The van der Waals surface area contributed by atoms with Gasteiger partial charge in [0, 0.05) is 23.7 Å². The van der Waals surface area contributed by atoms with E-state index in [4.69, 9.17) is 4.84 Å². The molecule has 0 aliphatic carbocycles. The zero-order valence-corrected chi connectivity index (χ0v) is 15.5. The van der Waals surface area contributed by atoms with Crippen molar-refractivity contribution in [3.63, 3.8) is 0 Å². The van der Waals surface area contributed by atoms with Crippen molar-refractivity contribution in [2.24, 2.45) is 10.3 Å². The van der Waals surface area contributed by atoms with Crippen LogP contribution in [0.3, 0.4) is 0 Å². The van der Waals surface area contributed by atoms with Crippen molar-refractivity contribution in [3.8, 4) is 5.75 Å². The van der Waals surface area contributed by atoms with Crippen LogP contribution in [0.25, 0.3) is 0 Å². The van der Waals surface area contributed by atoms with Crippen LogP contribution in [0, 0.1) is 0 Å². The lowest BCUT2D eigenvalue weighted by molar-refractivity contribution is -0.114. The third kappa shape index (κ3) is 5.71. The minimum absolute atomic E-state index is 0.0674. The normalized spacial score (nSPS) is 12.4. The minimum atomic E-state index is -4.81. The molecule has 0 fully saturated rings. The summed E-state index contributed by atoms with van der Waals surface area (Å²) in [6.45, 7) is -0.367. The number of hydrogen-bond acceptors (Lipinski definition) is 6. The first kappa shape index (κ1) is 21.7. The Hall–Kier alpha value is -3.56. The van der Waals surface area contributed by atoms with Gasteiger partial charge >= 0.3 is 6.18 Å². The van der Waals surface area contributed by atoms with Crippen LogP contribution in [0.2, 0.25) is 0 Å². The molecule has 154 valence electrons. The van der Waals surface area contributed by atoms with Crippen LogP contribution in [0.5, 0.6) is 5.75 Å². The molecule has 0 heterocycles. The Morgan fingerprint density at radius 3 is 2.48 bits per heavy atom. The summed E-state index contributed by atoms with van der Waals surface area (Å²) in [6, 6.07) is 10.9. The summed E-state index contributed by atoms with van der Waals surface area (Å²) in [5.74, 6) is -0.880. The molecular formula is C19H18F3N3O4. The number of carbonyl (C=O) groups is 1. The topological polar surface area (TPSA) is 92.5 Å². The molecule has 2 N–H and O–H groups in total. The van der Waals surface area contributed by atoms with E-state index in [1.807, 2.05) is 0 Å². The zero-order chi connectivity index (χ0) is 21.4. The highest BCUT2D eigenvalue weighted by molar-refractivity contribution is 6.45. The molecule has 2 rings (SSSR count). The van der Waals surface area contributed by atoms with E-state index < -0.39 is 17.8 Å². The number of oxime groups is 2. The number of rotatable bonds is 7. The number of hydrogen-bond donors (Lipinski definition) is 2. The summed E-state index contributed by atoms with van der Waals surface area (Å²) in [5, 5.41) is 18.7. The molecule has 0 unspecified atom stereocenters. The number of benzene rings is 2. The first-order valence-corrected chi connectivity index (χ1v) is 8.26. The first-order valence-electron chi connectivity index (χ1n) is 8.26. The quantitative estimate of drug-likeness (QED) is 0.543. The summed E-state index contributed by atoms with van der Waals surface area (Å²) >= 11 is 0. The monoisotopic (exact) mass is 409 g/mol. The molecule has 7 nitrogen and oxygen atoms in total. The first-order chi connectivity index (χ1) is 13.8. The maximum atomic E-state index is 13.3. The summed E-state index contributed by atoms with van der Waals surface area (Å²) < 4.78 is 40.0. The van der Waals surface area contributed by atoms with Gasteiger partial charge < -0.3 is 20.1 Å². The number of phenols is 1. The second-order valence-corrected chi connectivity index (χ2v) is 5.62. The maximum Gasteiger partial charge on any atom is 0.437 e. The molecule has 2 aromatic rings. The zero-order valence-electron chi connectivity index (χ0n) is 15.5. The van der Waals surface area contributed by atoms with Gasteiger partial charge in [0.25, 0.3) is 5.91 Å². The Morgan fingerprint density at radius 1 is 1.14 bits per heavy atom. The number of alkyl halides is 3. The SMILES string of the molecule is CNC(=O)/C(=N/OC)c1ccccc1CO/N=C(\c1cccc(O)c1)C(F)(F)F. The Balaban J connectivity index is 2.33. The van der Waals surface area contributed by atoms with Gasteiger partial charge in [-0.15, -0.1) is 0 Å². The third-order valence-corrected chi connectivity index (χ3v) is 3.66. The van der Waals surface area contributed by atoms with Crippen molar-refractivity contribution in [2.75, 3.05) is 14.2 Å². The molecule has 0 saturated heterocycles. The van der Waals surface area contributed by atoms with E-state index in [2.05, 4.69) is 20.5 Å². The molecule has 0 spiro atoms. The summed E-state index contributed by atoms with van der Waals surface area (Å²) in [5.41, 5.74) is -1.04. The second kappa shape index (κ2) is 9.58. The van der Waals surface area contributed by atoms with E-state index in [0.717, 1.165) is 12.1 Å². The van der Waals surface area contributed by atoms with E-state index >= 15 is 0 Å². The van der Waals surface area contributed by atoms with Crippen LogP contribution in [0.4, 0.5) is 13.2 Å². The number of halogens is 3. The lowest BCUT2D eigenvalue weighted by Gasteiger charge is -2.12. The lowest BCUT2D eigenvalue weighted by Crippen LogP contribution is -2.29. The van der Waals surface area contributed by atoms with E-state index in [1.165, 1.54) is 26.3 Å². The average Bonchev–Trinajstić information content (AvgIpc) is 2.68. The van der Waals surface area contributed by atoms with E-state index in [0.29, 0.717) is 11.1 Å². The van der Waals surface area contributed by atoms with Crippen molar-refractivity contribution in [3.05, 3.63) is 65.2 Å². The number of phenolic OH excluding ortho intramolecular Hbond substituents is 1. The van der Waals surface area contributed by atoms with Gasteiger partial charge in [-0.1, -0.05) is 46.7 Å². The van der Waals surface area contributed by atoms with Gasteiger partial charge in [0.1, 0.15) is 19.5 Å². The molecule has 0 bridgehead atoms. The Labute approximate surface area is 164 Å². The standard InChI is InChI=1S/C19H18F3N3O4/c1-23-18(27)16(24-28-2)15-9-4-3-6-13(15)11-29-25-17(19(20,21)22)12-7-5-8-14(26)10-12/h3-10,26H,11H2,1-2H3,(H,23,27)/b24-16+,25-17+. The molecule has 0 atom stereocenters. The van der Waals surface area contributed by atoms with Gasteiger partial charge in [-0.25, -0.2) is 0 Å². The summed E-state index contributed by atoms with van der Waals surface area (Å²) in [6.07, 6.45) is -4.81. The number of nitrogens with zero attached hydrogens (tertiary/aromatic N) is 2. The van der Waals surface area contributed by atoms with Gasteiger partial charge in [0.05, 0.1) is 0 Å². The number of carbonyl (C=O) groups excluding carboxylic acids is 1. The van der Waals surface area contributed by atoms with Crippen molar-refractivity contribution in [1.29, 1.82) is 0 Å². The summed E-state index contributed by atoms with van der Waals surface area (Å²) in [4.78, 5) is 21.6. The molecule has 1 amide bonds. The predicted molar refractivity (Wildman–Crippen MR) is 99.5 cm³/mol. The predicted octanol–water partition coefficient (Wildman–Crippen LogP) is 2.97. The summed E-state index contributed by atoms with van der Waals surface area (Å²) in [7, 11) is 2.67. The fourth-order valence-corrected chi connectivity index (χ4v) is 2.39. The molecule has 29 heavy (non-hydrogen) atoms. The number of aromatic hydroxyl groups is 1. The molecule has 0 saturated carbocycles. The second-order valence-electron chi connectivity index (χ2n) is 5.62. The van der Waals surface area contributed by atoms with Crippen LogP contribution in [0.15, 0.2) is 58.8 Å². The lowest BCUT2D eigenvalue weighted by atomic mass is 10.0. The van der Waals surface area contributed by atoms with Crippen molar-refractivity contribution in [1.82, 2.24) is 5.32 Å². The molecule has 10 heteroatoms. The minimum Gasteiger partial charge on any atom is -0.508 e. The molecule has 2 aromatic carbocycles. The highest BCUT2D eigenvalue weighted by Gasteiger charge is 2.38. The molecular weight excluding hydrogens is 391 g/mol. The Kier molecular flexibility index (Phi) is 7.18. The van der Waals surface area contributed by atoms with Crippen LogP contribution in [-0.2, 0) is 21.1 Å². The van der Waals surface area contributed by atoms with Crippen LogP contribution in [0.1, 0.15) is 16.7 Å². The van der Waals surface area contributed by atoms with Gasteiger partial charge in [0.15, 0.2) is 11.4 Å². The van der Waals surface area contributed by atoms with Gasteiger partial charge in [0.2, 0.25) is 0 Å². The van der Waals surface area contributed by atoms with Gasteiger partial charge in [-0.2, -0.15) is 13.2 Å². The smallest absolute Gasteiger partial charge is 0.437 e. The Bertz CT molecular complexity index is 927. The molecule has 0 radical (unpaired) electrons. The number of likely N-dealkylation sites (N-methyl/N-ethyl adjacent to an activating group) is 1. The van der Waals surface area contributed by atoms with Gasteiger partial charge in [-0.3, -0.25) is 4.79 Å². The van der Waals surface area contributed by atoms with Crippen LogP contribution < -0.4 is 5.32 Å². The highest BCUT2D eigenvalue weighted by atomic mass is 19.4. The van der Waals surface area contributed by atoms with E-state index in [-0.39, 0.29) is 23.6 Å². The Morgan fingerprint density at radius 2 is 1.86 bits per heavy atom. The molecule has 0 aromatic heterocycles.